The number of rotatable bonds is 4. The maximum Gasteiger partial charge on any atom is 0.312 e. The number of likely N-dealkylation sites (tertiary alicyclic amines) is 1. The summed E-state index contributed by atoms with van der Waals surface area (Å²) in [6.07, 6.45) is 2.40. The molecule has 3 aliphatic heterocycles. The van der Waals surface area contributed by atoms with Crippen molar-refractivity contribution in [3.8, 4) is 0 Å². The van der Waals surface area contributed by atoms with Gasteiger partial charge in [-0.05, 0) is 32.9 Å². The molecule has 9 heteroatoms. The van der Waals surface area contributed by atoms with Crippen molar-refractivity contribution >= 4 is 11.6 Å². The lowest BCUT2D eigenvalue weighted by molar-refractivity contribution is -0.151. The summed E-state index contributed by atoms with van der Waals surface area (Å²) in [6, 6.07) is 3.47. The number of esters is 1. The van der Waals surface area contributed by atoms with Crippen LogP contribution in [0.3, 0.4) is 0 Å². The SMILES string of the molecule is Cc1cc2nc(CN3CCC4(CC3)CC(CN3CCOCC3)OC4=O)cc(=O)n2[nH]1. The highest BCUT2D eigenvalue weighted by Gasteiger charge is 2.50. The largest absolute Gasteiger partial charge is 0.461 e. The number of piperidine rings is 1. The highest BCUT2D eigenvalue weighted by atomic mass is 16.6. The molecule has 0 saturated carbocycles. The number of cyclic esters (lactones) is 1. The van der Waals surface area contributed by atoms with E-state index < -0.39 is 0 Å². The smallest absolute Gasteiger partial charge is 0.312 e. The van der Waals surface area contributed by atoms with Gasteiger partial charge in [0, 0.05) is 50.4 Å². The van der Waals surface area contributed by atoms with Gasteiger partial charge in [0.25, 0.3) is 5.56 Å². The Morgan fingerprint density at radius 2 is 1.90 bits per heavy atom. The Balaban J connectivity index is 1.20. The molecule has 3 fully saturated rings. The van der Waals surface area contributed by atoms with E-state index >= 15 is 0 Å². The van der Waals surface area contributed by atoms with Crippen molar-refractivity contribution < 1.29 is 14.3 Å². The molecule has 0 aliphatic carbocycles. The van der Waals surface area contributed by atoms with Gasteiger partial charge < -0.3 is 9.47 Å². The van der Waals surface area contributed by atoms with Gasteiger partial charge in [0.2, 0.25) is 0 Å². The molecule has 0 radical (unpaired) electrons. The number of carbonyl (C=O) groups is 1. The van der Waals surface area contributed by atoms with Crippen LogP contribution in [0, 0.1) is 12.3 Å². The first kappa shape index (κ1) is 19.7. The third-order valence-corrected chi connectivity index (χ3v) is 6.72. The fraction of sp³-hybridized carbons (Fsp3) is 0.667. The van der Waals surface area contributed by atoms with Gasteiger partial charge in [-0.25, -0.2) is 9.50 Å². The van der Waals surface area contributed by atoms with Gasteiger partial charge in [0.15, 0.2) is 5.65 Å². The number of H-pyrrole nitrogens is 1. The minimum Gasteiger partial charge on any atom is -0.461 e. The Hall–Kier alpha value is -2.23. The molecule has 2 aromatic rings. The number of carbonyl (C=O) groups excluding carboxylic acids is 1. The molecule has 5 rings (SSSR count). The lowest BCUT2D eigenvalue weighted by Gasteiger charge is -2.36. The zero-order valence-electron chi connectivity index (χ0n) is 17.4. The van der Waals surface area contributed by atoms with E-state index in [4.69, 9.17) is 9.47 Å². The van der Waals surface area contributed by atoms with Gasteiger partial charge >= 0.3 is 5.97 Å². The summed E-state index contributed by atoms with van der Waals surface area (Å²) in [6.45, 7) is 8.30. The van der Waals surface area contributed by atoms with Crippen LogP contribution in [0.2, 0.25) is 0 Å². The summed E-state index contributed by atoms with van der Waals surface area (Å²) in [4.78, 5) is 34.2. The Labute approximate surface area is 174 Å². The maximum atomic E-state index is 12.7. The van der Waals surface area contributed by atoms with Gasteiger partial charge in [-0.1, -0.05) is 0 Å². The number of nitrogens with one attached hydrogen (secondary N) is 1. The number of morpholine rings is 1. The molecular formula is C21H29N5O4. The molecular weight excluding hydrogens is 386 g/mol. The summed E-state index contributed by atoms with van der Waals surface area (Å²) < 4.78 is 12.6. The lowest BCUT2D eigenvalue weighted by atomic mass is 9.76. The van der Waals surface area contributed by atoms with Crippen molar-refractivity contribution in [3.63, 3.8) is 0 Å². The molecule has 30 heavy (non-hydrogen) atoms. The molecule has 162 valence electrons. The normalized spacial score (nSPS) is 25.2. The number of aromatic nitrogens is 3. The van der Waals surface area contributed by atoms with Gasteiger partial charge in [0.1, 0.15) is 6.10 Å². The van der Waals surface area contributed by atoms with Crippen LogP contribution in [0.25, 0.3) is 5.65 Å². The predicted molar refractivity (Wildman–Crippen MR) is 109 cm³/mol. The first-order valence-corrected chi connectivity index (χ1v) is 10.8. The third kappa shape index (κ3) is 3.77. The van der Waals surface area contributed by atoms with Gasteiger partial charge in [-0.2, -0.15) is 0 Å². The standard InChI is InChI=1S/C21H29N5O4/c1-15-10-18-22-16(11-19(27)26(18)23-15)13-24-4-2-21(3-5-24)12-17(30-20(21)28)14-25-6-8-29-9-7-25/h10-11,17,23H,2-9,12-14H2,1H3. The molecule has 1 unspecified atom stereocenters. The van der Waals surface area contributed by atoms with E-state index in [1.807, 2.05) is 13.0 Å². The van der Waals surface area contributed by atoms with E-state index in [2.05, 4.69) is 19.9 Å². The van der Waals surface area contributed by atoms with Crippen LogP contribution in [-0.4, -0.2) is 82.4 Å². The summed E-state index contributed by atoms with van der Waals surface area (Å²) in [5.41, 5.74) is 1.88. The van der Waals surface area contributed by atoms with Crippen molar-refractivity contribution in [2.75, 3.05) is 45.9 Å². The minimum atomic E-state index is -0.345. The van der Waals surface area contributed by atoms with Crippen molar-refractivity contribution in [1.29, 1.82) is 0 Å². The second-order valence-corrected chi connectivity index (χ2v) is 8.92. The average molecular weight is 415 g/mol. The summed E-state index contributed by atoms with van der Waals surface area (Å²) in [5.74, 6) is -0.0269. The topological polar surface area (TPSA) is 92.2 Å². The van der Waals surface area contributed by atoms with E-state index in [0.717, 1.165) is 76.6 Å². The molecule has 1 atom stereocenters. The molecule has 0 bridgehead atoms. The second-order valence-electron chi connectivity index (χ2n) is 8.92. The van der Waals surface area contributed by atoms with Crippen LogP contribution in [0.15, 0.2) is 16.9 Å². The number of nitrogens with zero attached hydrogens (tertiary/aromatic N) is 4. The summed E-state index contributed by atoms with van der Waals surface area (Å²) in [5, 5.41) is 2.99. The number of hydrogen-bond donors (Lipinski definition) is 1. The van der Waals surface area contributed by atoms with Gasteiger partial charge in [-0.3, -0.25) is 24.5 Å². The Morgan fingerprint density at radius 1 is 1.13 bits per heavy atom. The summed E-state index contributed by atoms with van der Waals surface area (Å²) >= 11 is 0. The highest BCUT2D eigenvalue weighted by molar-refractivity contribution is 5.79. The van der Waals surface area contributed by atoms with E-state index in [9.17, 15) is 9.59 Å². The van der Waals surface area contributed by atoms with Crippen molar-refractivity contribution in [1.82, 2.24) is 24.4 Å². The predicted octanol–water partition coefficient (Wildman–Crippen LogP) is 0.561. The van der Waals surface area contributed by atoms with Crippen LogP contribution in [0.1, 0.15) is 30.7 Å². The van der Waals surface area contributed by atoms with Crippen LogP contribution in [0.5, 0.6) is 0 Å². The molecule has 9 nitrogen and oxygen atoms in total. The Morgan fingerprint density at radius 3 is 2.67 bits per heavy atom. The molecule has 3 aliphatic rings. The van der Waals surface area contributed by atoms with E-state index in [-0.39, 0.29) is 23.0 Å². The Kier molecular flexibility index (Phi) is 5.12. The van der Waals surface area contributed by atoms with E-state index in [0.29, 0.717) is 12.2 Å². The van der Waals surface area contributed by atoms with Crippen LogP contribution in [-0.2, 0) is 20.8 Å². The van der Waals surface area contributed by atoms with E-state index in [1.165, 1.54) is 4.52 Å². The molecule has 3 saturated heterocycles. The number of hydrogen-bond acceptors (Lipinski definition) is 7. The van der Waals surface area contributed by atoms with Crippen LogP contribution < -0.4 is 5.56 Å². The average Bonchev–Trinajstić information content (AvgIpc) is 3.24. The maximum absolute atomic E-state index is 12.7. The third-order valence-electron chi connectivity index (χ3n) is 6.72. The van der Waals surface area contributed by atoms with Crippen molar-refractivity contribution in [2.45, 2.75) is 38.8 Å². The highest BCUT2D eigenvalue weighted by Crippen LogP contribution is 2.43. The van der Waals surface area contributed by atoms with Crippen LogP contribution in [0.4, 0.5) is 0 Å². The molecule has 1 N–H and O–H groups in total. The molecule has 2 aromatic heterocycles. The lowest BCUT2D eigenvalue weighted by Crippen LogP contribution is -2.43. The van der Waals surface area contributed by atoms with Crippen molar-refractivity contribution in [2.24, 2.45) is 5.41 Å². The zero-order chi connectivity index (χ0) is 20.7. The van der Waals surface area contributed by atoms with Crippen molar-refractivity contribution in [3.05, 3.63) is 33.9 Å². The van der Waals surface area contributed by atoms with E-state index in [1.54, 1.807) is 6.07 Å². The quantitative estimate of drug-likeness (QED) is 0.730. The number of aryl methyl sites for hydroxylation is 1. The minimum absolute atomic E-state index is 0.0110. The fourth-order valence-corrected chi connectivity index (χ4v) is 5.03. The number of aromatic amines is 1. The molecule has 1 spiro atoms. The molecule has 0 amide bonds. The number of ether oxygens (including phenoxy) is 2. The first-order valence-electron chi connectivity index (χ1n) is 10.8. The first-order chi connectivity index (χ1) is 14.5. The summed E-state index contributed by atoms with van der Waals surface area (Å²) in [7, 11) is 0. The van der Waals surface area contributed by atoms with Crippen LogP contribution >= 0.6 is 0 Å². The second kappa shape index (κ2) is 7.79. The number of fused-ring (bicyclic) bond motifs is 1. The van der Waals surface area contributed by atoms with Gasteiger partial charge in [0.05, 0.1) is 24.3 Å². The fourth-order valence-electron chi connectivity index (χ4n) is 5.03. The zero-order valence-corrected chi connectivity index (χ0v) is 17.4. The molecule has 5 heterocycles. The monoisotopic (exact) mass is 415 g/mol. The Bertz CT molecular complexity index is 985. The van der Waals surface area contributed by atoms with Gasteiger partial charge in [-0.15, -0.1) is 0 Å². The molecule has 0 aromatic carbocycles.